The maximum atomic E-state index is 11.4. The Morgan fingerprint density at radius 1 is 1.41 bits per heavy atom. The van der Waals surface area contributed by atoms with Gasteiger partial charge in [0.25, 0.3) is 5.91 Å². The summed E-state index contributed by atoms with van der Waals surface area (Å²) in [7, 11) is 0. The number of amides is 1. The van der Waals surface area contributed by atoms with Crippen molar-refractivity contribution in [2.24, 2.45) is 0 Å². The molecule has 17 heavy (non-hydrogen) atoms. The minimum absolute atomic E-state index is 0.113. The Morgan fingerprint density at radius 3 is 2.71 bits per heavy atom. The number of hydrogen-bond acceptors (Lipinski definition) is 4. The van der Waals surface area contributed by atoms with Crippen molar-refractivity contribution in [1.82, 2.24) is 5.32 Å². The normalized spacial score (nSPS) is 9.76. The fourth-order valence-corrected chi connectivity index (χ4v) is 1.34. The van der Waals surface area contributed by atoms with Crippen molar-refractivity contribution in [2.45, 2.75) is 13.8 Å². The number of carbonyl (C=O) groups is 2. The molecule has 3 N–H and O–H groups in total. The standard InChI is InChI=1S/C12H16N2O3/c1-3-14-12(16)7-17-11-5-4-9(13)6-10(11)8(2)15/h4-6H,3,7,13H2,1-2H3,(H,14,16). The van der Waals surface area contributed by atoms with Gasteiger partial charge in [-0.05, 0) is 32.0 Å². The highest BCUT2D eigenvalue weighted by Gasteiger charge is 2.10. The van der Waals surface area contributed by atoms with Gasteiger partial charge >= 0.3 is 0 Å². The van der Waals surface area contributed by atoms with Crippen LogP contribution in [0.5, 0.6) is 5.75 Å². The van der Waals surface area contributed by atoms with Gasteiger partial charge in [-0.3, -0.25) is 9.59 Å². The van der Waals surface area contributed by atoms with E-state index in [1.807, 2.05) is 6.92 Å². The van der Waals surface area contributed by atoms with Crippen LogP contribution in [0.4, 0.5) is 5.69 Å². The summed E-state index contributed by atoms with van der Waals surface area (Å²) in [6.07, 6.45) is 0. The number of nitrogens with two attached hydrogens (primary N) is 1. The third-order valence-corrected chi connectivity index (χ3v) is 2.12. The monoisotopic (exact) mass is 236 g/mol. The second kappa shape index (κ2) is 5.89. The number of hydrogen-bond donors (Lipinski definition) is 2. The van der Waals surface area contributed by atoms with Gasteiger partial charge in [0.05, 0.1) is 5.56 Å². The number of ether oxygens (including phenoxy) is 1. The summed E-state index contributed by atoms with van der Waals surface area (Å²) < 4.78 is 5.28. The molecule has 0 saturated carbocycles. The largest absolute Gasteiger partial charge is 0.483 e. The number of nitrogen functional groups attached to an aromatic ring is 1. The predicted molar refractivity (Wildman–Crippen MR) is 65.0 cm³/mol. The maximum Gasteiger partial charge on any atom is 0.257 e. The quantitative estimate of drug-likeness (QED) is 0.590. The third-order valence-electron chi connectivity index (χ3n) is 2.12. The number of rotatable bonds is 5. The summed E-state index contributed by atoms with van der Waals surface area (Å²) in [6.45, 7) is 3.68. The number of likely N-dealkylation sites (N-methyl/N-ethyl adjacent to an activating group) is 1. The Kier molecular flexibility index (Phi) is 4.51. The lowest BCUT2D eigenvalue weighted by Gasteiger charge is -2.10. The van der Waals surface area contributed by atoms with Crippen molar-refractivity contribution in [2.75, 3.05) is 18.9 Å². The average Bonchev–Trinajstić information content (AvgIpc) is 2.27. The Morgan fingerprint density at radius 2 is 2.12 bits per heavy atom. The summed E-state index contributed by atoms with van der Waals surface area (Å²) in [5.41, 5.74) is 6.45. The highest BCUT2D eigenvalue weighted by Crippen LogP contribution is 2.21. The molecule has 0 aliphatic rings. The van der Waals surface area contributed by atoms with E-state index in [-0.39, 0.29) is 18.3 Å². The number of anilines is 1. The molecule has 1 aromatic rings. The maximum absolute atomic E-state index is 11.4. The van der Waals surface area contributed by atoms with E-state index >= 15 is 0 Å². The number of nitrogens with one attached hydrogen (secondary N) is 1. The van der Waals surface area contributed by atoms with Crippen LogP contribution in [-0.4, -0.2) is 24.8 Å². The van der Waals surface area contributed by atoms with Gasteiger partial charge < -0.3 is 15.8 Å². The van der Waals surface area contributed by atoms with Gasteiger partial charge in [0, 0.05) is 12.2 Å². The number of benzene rings is 1. The van der Waals surface area contributed by atoms with Crippen LogP contribution in [0.15, 0.2) is 18.2 Å². The predicted octanol–water partition coefficient (Wildman–Crippen LogP) is 0.986. The summed E-state index contributed by atoms with van der Waals surface area (Å²) in [5, 5.41) is 2.60. The van der Waals surface area contributed by atoms with Crippen molar-refractivity contribution in [1.29, 1.82) is 0 Å². The van der Waals surface area contributed by atoms with Crippen molar-refractivity contribution in [3.05, 3.63) is 23.8 Å². The molecule has 5 nitrogen and oxygen atoms in total. The average molecular weight is 236 g/mol. The lowest BCUT2D eigenvalue weighted by atomic mass is 10.1. The summed E-state index contributed by atoms with van der Waals surface area (Å²) in [4.78, 5) is 22.6. The van der Waals surface area contributed by atoms with Crippen molar-refractivity contribution < 1.29 is 14.3 Å². The van der Waals surface area contributed by atoms with Crippen LogP contribution in [0.2, 0.25) is 0 Å². The minimum Gasteiger partial charge on any atom is -0.483 e. The zero-order valence-corrected chi connectivity index (χ0v) is 9.95. The highest BCUT2D eigenvalue weighted by atomic mass is 16.5. The van der Waals surface area contributed by atoms with Gasteiger partial charge in [0.2, 0.25) is 0 Å². The summed E-state index contributed by atoms with van der Waals surface area (Å²) in [6, 6.07) is 4.75. The van der Waals surface area contributed by atoms with E-state index in [2.05, 4.69) is 5.32 Å². The van der Waals surface area contributed by atoms with Crippen molar-refractivity contribution >= 4 is 17.4 Å². The second-order valence-corrected chi connectivity index (χ2v) is 3.55. The molecule has 0 bridgehead atoms. The lowest BCUT2D eigenvalue weighted by molar-refractivity contribution is -0.122. The molecule has 1 aromatic carbocycles. The van der Waals surface area contributed by atoms with Crippen LogP contribution in [0.25, 0.3) is 0 Å². The summed E-state index contributed by atoms with van der Waals surface area (Å²) in [5.74, 6) is -0.0000187. The molecule has 0 aliphatic heterocycles. The van der Waals surface area contributed by atoms with Gasteiger partial charge in [-0.25, -0.2) is 0 Å². The zero-order chi connectivity index (χ0) is 12.8. The Hall–Kier alpha value is -2.04. The molecule has 0 saturated heterocycles. The van der Waals surface area contributed by atoms with Crippen LogP contribution >= 0.6 is 0 Å². The van der Waals surface area contributed by atoms with Gasteiger partial charge in [-0.2, -0.15) is 0 Å². The van der Waals surface area contributed by atoms with E-state index in [0.717, 1.165) is 0 Å². The van der Waals surface area contributed by atoms with E-state index in [1.54, 1.807) is 12.1 Å². The molecule has 0 heterocycles. The summed E-state index contributed by atoms with van der Waals surface area (Å²) >= 11 is 0. The molecule has 0 atom stereocenters. The molecule has 1 amide bonds. The fourth-order valence-electron chi connectivity index (χ4n) is 1.34. The van der Waals surface area contributed by atoms with Crippen LogP contribution in [0, 0.1) is 0 Å². The topological polar surface area (TPSA) is 81.4 Å². The first-order valence-corrected chi connectivity index (χ1v) is 5.34. The van der Waals surface area contributed by atoms with Gasteiger partial charge in [0.15, 0.2) is 12.4 Å². The highest BCUT2D eigenvalue weighted by molar-refractivity contribution is 5.97. The first-order chi connectivity index (χ1) is 8.04. The lowest BCUT2D eigenvalue weighted by Crippen LogP contribution is -2.28. The minimum atomic E-state index is -0.223. The number of ketones is 1. The third kappa shape index (κ3) is 3.79. The van der Waals surface area contributed by atoms with Crippen LogP contribution < -0.4 is 15.8 Å². The second-order valence-electron chi connectivity index (χ2n) is 3.55. The van der Waals surface area contributed by atoms with E-state index in [1.165, 1.54) is 13.0 Å². The van der Waals surface area contributed by atoms with E-state index in [4.69, 9.17) is 10.5 Å². The Labute approximate surface area is 99.9 Å². The van der Waals surface area contributed by atoms with Crippen LogP contribution in [0.3, 0.4) is 0 Å². The SMILES string of the molecule is CCNC(=O)COc1ccc(N)cc1C(C)=O. The van der Waals surface area contributed by atoms with Crippen molar-refractivity contribution in [3.8, 4) is 5.75 Å². The molecular weight excluding hydrogens is 220 g/mol. The molecule has 1 rings (SSSR count). The molecule has 0 aromatic heterocycles. The first-order valence-electron chi connectivity index (χ1n) is 5.34. The first kappa shape index (κ1) is 13.0. The molecule has 5 heteroatoms. The van der Waals surface area contributed by atoms with Gasteiger partial charge in [-0.1, -0.05) is 0 Å². The van der Waals surface area contributed by atoms with Crippen molar-refractivity contribution in [3.63, 3.8) is 0 Å². The van der Waals surface area contributed by atoms with Crippen LogP contribution in [0.1, 0.15) is 24.2 Å². The Balaban J connectivity index is 2.77. The number of carbonyl (C=O) groups excluding carboxylic acids is 2. The molecular formula is C12H16N2O3. The van der Waals surface area contributed by atoms with E-state index in [0.29, 0.717) is 23.5 Å². The number of Topliss-reactive ketones (excluding diaryl/α,β-unsaturated/α-hetero) is 1. The smallest absolute Gasteiger partial charge is 0.257 e. The molecule has 0 aliphatic carbocycles. The molecule has 0 spiro atoms. The zero-order valence-electron chi connectivity index (χ0n) is 9.95. The molecule has 0 unspecified atom stereocenters. The molecule has 0 radical (unpaired) electrons. The van der Waals surface area contributed by atoms with Gasteiger partial charge in [-0.15, -0.1) is 0 Å². The molecule has 92 valence electrons. The fraction of sp³-hybridized carbons (Fsp3) is 0.333. The van der Waals surface area contributed by atoms with E-state index < -0.39 is 0 Å². The van der Waals surface area contributed by atoms with E-state index in [9.17, 15) is 9.59 Å². The Bertz CT molecular complexity index is 430. The van der Waals surface area contributed by atoms with Crippen LogP contribution in [-0.2, 0) is 4.79 Å². The van der Waals surface area contributed by atoms with Gasteiger partial charge in [0.1, 0.15) is 5.75 Å². The molecule has 0 fully saturated rings.